The summed E-state index contributed by atoms with van der Waals surface area (Å²) in [7, 11) is -4.32. The molecule has 4 rings (SSSR count). The van der Waals surface area contributed by atoms with E-state index < -0.39 is 45.2 Å². The summed E-state index contributed by atoms with van der Waals surface area (Å²) >= 11 is 0. The van der Waals surface area contributed by atoms with Crippen LogP contribution < -0.4 is 9.62 Å². The van der Waals surface area contributed by atoms with E-state index in [0.717, 1.165) is 53.4 Å². The molecule has 1 atom stereocenters. The summed E-state index contributed by atoms with van der Waals surface area (Å²) in [6.45, 7) is 0.521. The van der Waals surface area contributed by atoms with E-state index in [-0.39, 0.29) is 34.4 Å². The summed E-state index contributed by atoms with van der Waals surface area (Å²) in [6.07, 6.45) is 4.71. The Balaban J connectivity index is 1.69. The second-order valence-corrected chi connectivity index (χ2v) is 12.1. The number of nitro groups is 1. The SMILES string of the molecule is CC(C(=O)NC1CCCCC1)N(Cc1ccccc1F)C(=O)CN(c1ccc([N+](=O)[O-])cc1)S(=O)(=O)c1ccccc1. The molecule has 1 N–H and O–H groups in total. The normalized spacial score (nSPS) is 14.5. The van der Waals surface area contributed by atoms with Gasteiger partial charge in [0.15, 0.2) is 0 Å². The molecule has 0 radical (unpaired) electrons. The third kappa shape index (κ3) is 7.30. The molecule has 222 valence electrons. The molecule has 0 spiro atoms. The van der Waals surface area contributed by atoms with Crippen LogP contribution in [0.15, 0.2) is 83.8 Å². The van der Waals surface area contributed by atoms with E-state index in [0.29, 0.717) is 0 Å². The first kappa shape index (κ1) is 30.6. The Kier molecular flexibility index (Phi) is 9.89. The number of benzene rings is 3. The molecule has 1 saturated carbocycles. The first-order chi connectivity index (χ1) is 20.1. The lowest BCUT2D eigenvalue weighted by molar-refractivity contribution is -0.384. The molecule has 1 unspecified atom stereocenters. The van der Waals surface area contributed by atoms with Crippen LogP contribution in [0.25, 0.3) is 0 Å². The first-order valence-corrected chi connectivity index (χ1v) is 15.2. The first-order valence-electron chi connectivity index (χ1n) is 13.7. The molecular formula is C30H33FN4O6S. The molecule has 1 fully saturated rings. The molecule has 42 heavy (non-hydrogen) atoms. The van der Waals surface area contributed by atoms with Crippen LogP contribution in [0.1, 0.15) is 44.6 Å². The lowest BCUT2D eigenvalue weighted by Crippen LogP contribution is -2.53. The highest BCUT2D eigenvalue weighted by molar-refractivity contribution is 7.92. The monoisotopic (exact) mass is 596 g/mol. The number of halogens is 1. The van der Waals surface area contributed by atoms with Gasteiger partial charge in [0.1, 0.15) is 18.4 Å². The van der Waals surface area contributed by atoms with Gasteiger partial charge < -0.3 is 10.2 Å². The number of amides is 2. The number of non-ortho nitro benzene ring substituents is 1. The zero-order valence-corrected chi connectivity index (χ0v) is 24.0. The Morgan fingerprint density at radius 2 is 1.60 bits per heavy atom. The van der Waals surface area contributed by atoms with Gasteiger partial charge in [0.2, 0.25) is 11.8 Å². The molecule has 10 nitrogen and oxygen atoms in total. The van der Waals surface area contributed by atoms with Crippen molar-refractivity contribution < 1.29 is 27.3 Å². The summed E-state index contributed by atoms with van der Waals surface area (Å²) < 4.78 is 43.1. The maximum absolute atomic E-state index is 14.7. The number of nitrogens with one attached hydrogen (secondary N) is 1. The van der Waals surface area contributed by atoms with Gasteiger partial charge in [0, 0.05) is 30.3 Å². The van der Waals surface area contributed by atoms with Gasteiger partial charge >= 0.3 is 0 Å². The largest absolute Gasteiger partial charge is 0.352 e. The summed E-state index contributed by atoms with van der Waals surface area (Å²) in [5.41, 5.74) is -0.0738. The Hall–Kier alpha value is -4.32. The van der Waals surface area contributed by atoms with Crippen LogP contribution in [0.3, 0.4) is 0 Å². The highest BCUT2D eigenvalue weighted by atomic mass is 32.2. The highest BCUT2D eigenvalue weighted by Gasteiger charge is 2.33. The summed E-state index contributed by atoms with van der Waals surface area (Å²) in [5.74, 6) is -1.74. The second-order valence-electron chi connectivity index (χ2n) is 10.2. The van der Waals surface area contributed by atoms with Gasteiger partial charge in [-0.05, 0) is 50.1 Å². The number of carbonyl (C=O) groups excluding carboxylic acids is 2. The van der Waals surface area contributed by atoms with Crippen LogP contribution in [0.5, 0.6) is 0 Å². The molecule has 3 aromatic carbocycles. The molecule has 0 heterocycles. The molecule has 0 aliphatic heterocycles. The summed E-state index contributed by atoms with van der Waals surface area (Å²) in [4.78, 5) is 38.9. The van der Waals surface area contributed by atoms with Crippen molar-refractivity contribution in [3.05, 3.63) is 100 Å². The predicted octanol–water partition coefficient (Wildman–Crippen LogP) is 4.80. The smallest absolute Gasteiger partial charge is 0.269 e. The molecule has 0 bridgehead atoms. The minimum absolute atomic E-state index is 0.0166. The van der Waals surface area contributed by atoms with E-state index in [4.69, 9.17) is 0 Å². The fourth-order valence-electron chi connectivity index (χ4n) is 4.95. The average Bonchev–Trinajstić information content (AvgIpc) is 3.00. The van der Waals surface area contributed by atoms with E-state index in [1.807, 2.05) is 0 Å². The summed E-state index contributed by atoms with van der Waals surface area (Å²) in [6, 6.07) is 17.0. The molecule has 1 aliphatic carbocycles. The second kappa shape index (κ2) is 13.6. The van der Waals surface area contributed by atoms with Crippen LogP contribution in [-0.2, 0) is 26.2 Å². The van der Waals surface area contributed by atoms with Gasteiger partial charge in [-0.25, -0.2) is 12.8 Å². The topological polar surface area (TPSA) is 130 Å². The van der Waals surface area contributed by atoms with Crippen molar-refractivity contribution >= 4 is 33.2 Å². The van der Waals surface area contributed by atoms with Crippen LogP contribution in [0.4, 0.5) is 15.8 Å². The molecule has 0 aromatic heterocycles. The molecule has 3 aromatic rings. The minimum Gasteiger partial charge on any atom is -0.352 e. The fraction of sp³-hybridized carbons (Fsp3) is 0.333. The van der Waals surface area contributed by atoms with Gasteiger partial charge in [-0.3, -0.25) is 24.0 Å². The van der Waals surface area contributed by atoms with Crippen LogP contribution in [0.2, 0.25) is 0 Å². The van der Waals surface area contributed by atoms with E-state index in [9.17, 15) is 32.5 Å². The Morgan fingerprint density at radius 1 is 0.976 bits per heavy atom. The van der Waals surface area contributed by atoms with E-state index in [2.05, 4.69) is 5.32 Å². The Bertz CT molecular complexity index is 1510. The third-order valence-corrected chi connectivity index (χ3v) is 9.16. The molecule has 2 amide bonds. The number of sulfonamides is 1. The zero-order valence-electron chi connectivity index (χ0n) is 23.2. The van der Waals surface area contributed by atoms with Crippen molar-refractivity contribution in [3.63, 3.8) is 0 Å². The van der Waals surface area contributed by atoms with Crippen molar-refractivity contribution in [2.24, 2.45) is 0 Å². The fourth-order valence-corrected chi connectivity index (χ4v) is 6.39. The lowest BCUT2D eigenvalue weighted by atomic mass is 9.95. The minimum atomic E-state index is -4.32. The van der Waals surface area contributed by atoms with Crippen LogP contribution in [0, 0.1) is 15.9 Å². The van der Waals surface area contributed by atoms with E-state index in [1.54, 1.807) is 12.1 Å². The number of carbonyl (C=O) groups is 2. The predicted molar refractivity (Wildman–Crippen MR) is 155 cm³/mol. The Labute approximate surface area is 244 Å². The van der Waals surface area contributed by atoms with Gasteiger partial charge in [0.25, 0.3) is 15.7 Å². The summed E-state index contributed by atoms with van der Waals surface area (Å²) in [5, 5.41) is 14.2. The number of nitrogens with zero attached hydrogens (tertiary/aromatic N) is 3. The maximum atomic E-state index is 14.7. The van der Waals surface area contributed by atoms with Crippen molar-refractivity contribution in [1.29, 1.82) is 0 Å². The molecule has 1 aliphatic rings. The van der Waals surface area contributed by atoms with Crippen molar-refractivity contribution in [1.82, 2.24) is 10.2 Å². The third-order valence-electron chi connectivity index (χ3n) is 7.38. The van der Waals surface area contributed by atoms with E-state index >= 15 is 0 Å². The number of hydrogen-bond acceptors (Lipinski definition) is 6. The van der Waals surface area contributed by atoms with Crippen molar-refractivity contribution in [3.8, 4) is 0 Å². The van der Waals surface area contributed by atoms with Gasteiger partial charge in [-0.2, -0.15) is 0 Å². The quantitative estimate of drug-likeness (QED) is 0.250. The average molecular weight is 597 g/mol. The highest BCUT2D eigenvalue weighted by Crippen LogP contribution is 2.27. The zero-order chi connectivity index (χ0) is 30.3. The van der Waals surface area contributed by atoms with Gasteiger partial charge in [0.05, 0.1) is 15.5 Å². The molecule has 0 saturated heterocycles. The van der Waals surface area contributed by atoms with Gasteiger partial charge in [-0.15, -0.1) is 0 Å². The number of anilines is 1. The molecular weight excluding hydrogens is 563 g/mol. The van der Waals surface area contributed by atoms with Gasteiger partial charge in [-0.1, -0.05) is 55.7 Å². The number of nitro benzene ring substituents is 1. The van der Waals surface area contributed by atoms with Crippen molar-refractivity contribution in [2.75, 3.05) is 10.8 Å². The lowest BCUT2D eigenvalue weighted by Gasteiger charge is -2.33. The number of rotatable bonds is 11. The standard InChI is InChI=1S/C30H33FN4O6S/c1-22(30(37)32-24-11-4-2-5-12-24)33(20-23-10-8-9-15-28(23)31)29(36)21-34(25-16-18-26(19-17-25)35(38)39)42(40,41)27-13-6-3-7-14-27/h3,6-10,13-19,22,24H,2,4-5,11-12,20-21H2,1H3,(H,32,37). The Morgan fingerprint density at radius 3 is 2.21 bits per heavy atom. The van der Waals surface area contributed by atoms with Crippen LogP contribution in [-0.4, -0.2) is 48.7 Å². The van der Waals surface area contributed by atoms with Crippen molar-refractivity contribution in [2.45, 2.75) is 62.6 Å². The van der Waals surface area contributed by atoms with Crippen LogP contribution >= 0.6 is 0 Å². The maximum Gasteiger partial charge on any atom is 0.269 e. The van der Waals surface area contributed by atoms with E-state index in [1.165, 1.54) is 61.5 Å². The molecule has 12 heteroatoms. The number of hydrogen-bond donors (Lipinski definition) is 1.